The monoisotopic (exact) mass is 388 g/mol. The van der Waals surface area contributed by atoms with Crippen LogP contribution in [0.4, 0.5) is 0 Å². The predicted octanol–water partition coefficient (Wildman–Crippen LogP) is 3.18. The Kier molecular flexibility index (Phi) is 7.56. The molecule has 2 aromatic rings. The average molecular weight is 389 g/mol. The molecule has 0 bridgehead atoms. The van der Waals surface area contributed by atoms with Gasteiger partial charge >= 0.3 is 0 Å². The maximum absolute atomic E-state index is 12.3. The molecule has 0 aliphatic rings. The van der Waals surface area contributed by atoms with Crippen molar-refractivity contribution in [3.63, 3.8) is 0 Å². The van der Waals surface area contributed by atoms with Crippen molar-refractivity contribution in [1.29, 1.82) is 0 Å². The fourth-order valence-corrected chi connectivity index (χ4v) is 3.61. The number of sulfonamides is 1. The van der Waals surface area contributed by atoms with Crippen molar-refractivity contribution < 1.29 is 13.2 Å². The van der Waals surface area contributed by atoms with Gasteiger partial charge in [0.25, 0.3) is 0 Å². The third kappa shape index (κ3) is 7.15. The molecule has 5 nitrogen and oxygen atoms in total. The van der Waals surface area contributed by atoms with E-state index in [0.717, 1.165) is 17.5 Å². The van der Waals surface area contributed by atoms with Crippen LogP contribution in [-0.2, 0) is 27.7 Å². The molecular weight excluding hydrogens is 360 g/mol. The summed E-state index contributed by atoms with van der Waals surface area (Å²) in [4.78, 5) is 14.5. The van der Waals surface area contributed by atoms with Crippen LogP contribution in [0.5, 0.6) is 0 Å². The molecule has 1 atom stereocenters. The molecule has 2 N–H and O–H groups in total. The lowest BCUT2D eigenvalue weighted by molar-refractivity contribution is -0.122. The van der Waals surface area contributed by atoms with Gasteiger partial charge in [0, 0.05) is 0 Å². The Balaban J connectivity index is 1.86. The second kappa shape index (κ2) is 9.67. The molecule has 1 amide bonds. The highest BCUT2D eigenvalue weighted by molar-refractivity contribution is 7.89. The molecule has 27 heavy (non-hydrogen) atoms. The number of hydrazine groups is 1. The van der Waals surface area contributed by atoms with E-state index < -0.39 is 15.9 Å². The highest BCUT2D eigenvalue weighted by Crippen LogP contribution is 2.17. The molecule has 1 unspecified atom stereocenters. The van der Waals surface area contributed by atoms with Gasteiger partial charge in [-0.3, -0.25) is 10.2 Å². The second-order valence-corrected chi connectivity index (χ2v) is 9.05. The van der Waals surface area contributed by atoms with Gasteiger partial charge in [0.1, 0.15) is 0 Å². The SMILES string of the molecule is CC(C)Cc1ccc(C(C)C(=O)NNS(=O)(=O)CCc2ccccc2)cc1. The van der Waals surface area contributed by atoms with Crippen molar-refractivity contribution >= 4 is 15.9 Å². The van der Waals surface area contributed by atoms with E-state index in [1.807, 2.05) is 54.6 Å². The first-order chi connectivity index (χ1) is 12.8. The lowest BCUT2D eigenvalue weighted by Gasteiger charge is -2.14. The molecule has 2 aromatic carbocycles. The predicted molar refractivity (Wildman–Crippen MR) is 109 cm³/mol. The molecule has 0 spiro atoms. The van der Waals surface area contributed by atoms with Gasteiger partial charge in [-0.15, -0.1) is 4.83 Å². The molecule has 146 valence electrons. The van der Waals surface area contributed by atoms with Gasteiger partial charge in [0.2, 0.25) is 15.9 Å². The van der Waals surface area contributed by atoms with Crippen LogP contribution in [0, 0.1) is 5.92 Å². The maximum Gasteiger partial charge on any atom is 0.242 e. The molecule has 2 rings (SSSR count). The fourth-order valence-electron chi connectivity index (χ4n) is 2.75. The minimum absolute atomic E-state index is 0.0877. The number of rotatable bonds is 9. The third-order valence-corrected chi connectivity index (χ3v) is 5.50. The highest BCUT2D eigenvalue weighted by Gasteiger charge is 2.18. The summed E-state index contributed by atoms with van der Waals surface area (Å²) < 4.78 is 24.2. The summed E-state index contributed by atoms with van der Waals surface area (Å²) in [5.74, 6) is -0.345. The van der Waals surface area contributed by atoms with Gasteiger partial charge < -0.3 is 0 Å². The zero-order chi connectivity index (χ0) is 19.9. The lowest BCUT2D eigenvalue weighted by atomic mass is 9.96. The van der Waals surface area contributed by atoms with E-state index >= 15 is 0 Å². The number of amides is 1. The molecule has 0 aromatic heterocycles. The summed E-state index contributed by atoms with van der Waals surface area (Å²) >= 11 is 0. The largest absolute Gasteiger partial charge is 0.277 e. The summed E-state index contributed by atoms with van der Waals surface area (Å²) in [6.45, 7) is 6.08. The van der Waals surface area contributed by atoms with Gasteiger partial charge in [0.05, 0.1) is 11.7 Å². The van der Waals surface area contributed by atoms with Crippen molar-refractivity contribution in [2.45, 2.75) is 39.5 Å². The first-order valence-corrected chi connectivity index (χ1v) is 10.8. The quantitative estimate of drug-likeness (QED) is 0.648. The van der Waals surface area contributed by atoms with Gasteiger partial charge in [-0.1, -0.05) is 68.4 Å². The van der Waals surface area contributed by atoms with E-state index in [2.05, 4.69) is 24.1 Å². The van der Waals surface area contributed by atoms with E-state index in [4.69, 9.17) is 0 Å². The maximum atomic E-state index is 12.3. The van der Waals surface area contributed by atoms with Crippen molar-refractivity contribution in [2.75, 3.05) is 5.75 Å². The molecule has 0 saturated carbocycles. The Morgan fingerprint density at radius 2 is 1.56 bits per heavy atom. The summed E-state index contributed by atoms with van der Waals surface area (Å²) in [6.07, 6.45) is 1.38. The summed E-state index contributed by atoms with van der Waals surface area (Å²) in [7, 11) is -3.59. The average Bonchev–Trinajstić information content (AvgIpc) is 2.65. The van der Waals surface area contributed by atoms with Crippen molar-refractivity contribution in [1.82, 2.24) is 10.3 Å². The smallest absolute Gasteiger partial charge is 0.242 e. The standard InChI is InChI=1S/C21H28N2O3S/c1-16(2)15-19-9-11-20(12-10-19)17(3)21(24)22-23-27(25,26)14-13-18-7-5-4-6-8-18/h4-12,16-17,23H,13-15H2,1-3H3,(H,22,24). The summed E-state index contributed by atoms with van der Waals surface area (Å²) in [5.41, 5.74) is 5.34. The number of carbonyl (C=O) groups excluding carboxylic acids is 1. The molecule has 0 saturated heterocycles. The minimum atomic E-state index is -3.59. The number of hydrogen-bond acceptors (Lipinski definition) is 3. The van der Waals surface area contributed by atoms with Crippen LogP contribution >= 0.6 is 0 Å². The zero-order valence-electron chi connectivity index (χ0n) is 16.1. The van der Waals surface area contributed by atoms with Gasteiger partial charge in [-0.05, 0) is 42.4 Å². The van der Waals surface area contributed by atoms with Crippen molar-refractivity contribution in [3.8, 4) is 0 Å². The first kappa shape index (κ1) is 21.1. The lowest BCUT2D eigenvalue weighted by Crippen LogP contribution is -2.44. The number of nitrogens with one attached hydrogen (secondary N) is 2. The Morgan fingerprint density at radius 3 is 2.15 bits per heavy atom. The minimum Gasteiger partial charge on any atom is -0.277 e. The van der Waals surface area contributed by atoms with Crippen LogP contribution in [0.15, 0.2) is 54.6 Å². The van der Waals surface area contributed by atoms with Crippen LogP contribution in [0.25, 0.3) is 0 Å². The van der Waals surface area contributed by atoms with E-state index in [0.29, 0.717) is 12.3 Å². The molecule has 6 heteroatoms. The van der Waals surface area contributed by atoms with Gasteiger partial charge in [-0.2, -0.15) is 0 Å². The molecule has 0 radical (unpaired) electrons. The van der Waals surface area contributed by atoms with Crippen LogP contribution in [-0.4, -0.2) is 20.1 Å². The van der Waals surface area contributed by atoms with Crippen molar-refractivity contribution in [2.24, 2.45) is 5.92 Å². The summed E-state index contributed by atoms with van der Waals surface area (Å²) in [5, 5.41) is 0. The Bertz CT molecular complexity index is 831. The van der Waals surface area contributed by atoms with Crippen molar-refractivity contribution in [3.05, 3.63) is 71.3 Å². The third-order valence-electron chi connectivity index (χ3n) is 4.35. The molecule has 0 aliphatic heterocycles. The van der Waals surface area contributed by atoms with Crippen LogP contribution in [0.1, 0.15) is 43.4 Å². The number of benzene rings is 2. The van der Waals surface area contributed by atoms with E-state index in [1.165, 1.54) is 5.56 Å². The Morgan fingerprint density at radius 1 is 0.926 bits per heavy atom. The van der Waals surface area contributed by atoms with Crippen LogP contribution in [0.2, 0.25) is 0 Å². The van der Waals surface area contributed by atoms with Crippen LogP contribution in [0.3, 0.4) is 0 Å². The molecular formula is C21H28N2O3S. The van der Waals surface area contributed by atoms with E-state index in [9.17, 15) is 13.2 Å². The van der Waals surface area contributed by atoms with E-state index in [1.54, 1.807) is 6.92 Å². The number of carbonyl (C=O) groups is 1. The van der Waals surface area contributed by atoms with Gasteiger partial charge in [0.15, 0.2) is 0 Å². The Labute approximate surface area is 162 Å². The van der Waals surface area contributed by atoms with Crippen LogP contribution < -0.4 is 10.3 Å². The molecule has 0 aliphatic carbocycles. The fraction of sp³-hybridized carbons (Fsp3) is 0.381. The highest BCUT2D eigenvalue weighted by atomic mass is 32.2. The topological polar surface area (TPSA) is 75.3 Å². The molecule has 0 fully saturated rings. The van der Waals surface area contributed by atoms with E-state index in [-0.39, 0.29) is 11.7 Å². The molecule has 0 heterocycles. The normalized spacial score (nSPS) is 12.7. The Hall–Kier alpha value is -2.18. The second-order valence-electron chi connectivity index (χ2n) is 7.21. The van der Waals surface area contributed by atoms with Gasteiger partial charge in [-0.25, -0.2) is 8.42 Å². The first-order valence-electron chi connectivity index (χ1n) is 9.19. The number of hydrogen-bond donors (Lipinski definition) is 2. The zero-order valence-corrected chi connectivity index (χ0v) is 16.9. The number of aryl methyl sites for hydroxylation is 1. The summed E-state index contributed by atoms with van der Waals surface area (Å²) in [6, 6.07) is 17.2.